The Hall–Kier alpha value is -7.84. The van der Waals surface area contributed by atoms with E-state index in [2.05, 4.69) is 216 Å². The van der Waals surface area contributed by atoms with Crippen molar-refractivity contribution in [3.8, 4) is 0 Å². The summed E-state index contributed by atoms with van der Waals surface area (Å²) in [4.78, 5) is 55.3. The molecule has 10 aromatic rings. The van der Waals surface area contributed by atoms with Crippen molar-refractivity contribution >= 4 is 73.3 Å². The molecule has 0 spiro atoms. The fraction of sp³-hybridized carbons (Fsp3) is 0.413. The van der Waals surface area contributed by atoms with Crippen molar-refractivity contribution in [1.82, 2.24) is 29.9 Å². The molecule has 0 radical (unpaired) electrons. The van der Waals surface area contributed by atoms with Crippen LogP contribution in [0.2, 0.25) is 0 Å². The Morgan fingerprint density at radius 1 is 0.371 bits per heavy atom. The van der Waals surface area contributed by atoms with E-state index in [1.165, 1.54) is 67.6 Å². The van der Waals surface area contributed by atoms with Gasteiger partial charge in [0.05, 0.1) is 16.6 Å². The average molecular weight is 1770 g/mol. The van der Waals surface area contributed by atoms with Crippen LogP contribution in [0.4, 0.5) is 5.69 Å². The first-order valence-electron chi connectivity index (χ1n) is 37.6. The van der Waals surface area contributed by atoms with Gasteiger partial charge in [0.15, 0.2) is 0 Å². The Morgan fingerprint density at radius 3 is 1.21 bits per heavy atom. The van der Waals surface area contributed by atoms with Gasteiger partial charge in [0.25, 0.3) is 0 Å². The van der Waals surface area contributed by atoms with Gasteiger partial charge in [-0.2, -0.15) is 12.4 Å². The second-order valence-corrected chi connectivity index (χ2v) is 19.1. The van der Waals surface area contributed by atoms with Gasteiger partial charge in [0.1, 0.15) is 12.7 Å². The number of hydrogen-bond donors (Lipinski definition) is 0. The van der Waals surface area contributed by atoms with Crippen LogP contribution in [0.5, 0.6) is 0 Å². The summed E-state index contributed by atoms with van der Waals surface area (Å²) in [5, 5.41) is 5.89. The average Bonchev–Trinajstić information content (AvgIpc) is 1.74. The summed E-state index contributed by atoms with van der Waals surface area (Å²) in [6, 6.07) is 45.8. The summed E-state index contributed by atoms with van der Waals surface area (Å²) in [5.74, 6) is 0.0378. The fourth-order valence-corrected chi connectivity index (χ4v) is 7.71. The van der Waals surface area contributed by atoms with Crippen molar-refractivity contribution in [3.63, 3.8) is 0 Å². The molecule has 11 rings (SSSR count). The van der Waals surface area contributed by atoms with Crippen LogP contribution in [0.1, 0.15) is 245 Å². The largest absolute Gasteiger partial charge is 2.00 e. The quantitative estimate of drug-likeness (QED) is 0.0968. The van der Waals surface area contributed by atoms with Gasteiger partial charge in [-0.05, 0) is 138 Å². The number of allylic oxidation sites excluding steroid dienone is 4. The smallest absolute Gasteiger partial charge is 0.584 e. The van der Waals surface area contributed by atoms with Crippen LogP contribution in [0.3, 0.4) is 0 Å². The molecule has 6 aromatic carbocycles. The topological polar surface area (TPSA) is 139 Å². The molecule has 1 aliphatic rings. The molecule has 0 fully saturated rings. The zero-order valence-electron chi connectivity index (χ0n) is 72.3. The predicted octanol–water partition coefficient (Wildman–Crippen LogP) is 27.4. The minimum Gasteiger partial charge on any atom is -0.584 e. The van der Waals surface area contributed by atoms with Crippen molar-refractivity contribution in [2.45, 2.75) is 256 Å². The molecule has 0 saturated carbocycles. The standard InChI is InChI=1S/C11H13NO.2C10H9N.2C9H8N2.C8H10.C7H9NO.C6H9N.11C2H6.2W/c1-8-3-4-10-5-6-12(9(2)13)11(10)7-8;1-8-2-3-10-7-11-5-4-9(10)6-8;1-8-4-5-10-9(7-8)3-2-6-11-10;1-7-2-3-9-8(4-7)5-10-6-11-9;1-7-2-3-8-5-10-6-11-9(8)4-7;1-7-3-5-8(2)6-4-7;1-4-8-6(2)5-7(3)9;1-4-6(3)7-5-2;11*1-2;;/h3-4,7H,5-6H2,1-2H3;2*2-7H,1H3;2*2-6H,1H3;3-6H,1-2H3;1-3H3;1-3H3;11*1-2H3;;/q;;;;;;2*-2;;;;;;;;;;;;2*+2. The zero-order valence-corrected chi connectivity index (χ0v) is 78.2. The van der Waals surface area contributed by atoms with Gasteiger partial charge in [-0.15, -0.1) is 27.7 Å². The van der Waals surface area contributed by atoms with Crippen LogP contribution in [-0.2, 0) is 58.1 Å². The van der Waals surface area contributed by atoms with Crippen LogP contribution in [-0.4, -0.2) is 60.6 Å². The van der Waals surface area contributed by atoms with Gasteiger partial charge in [-0.1, -0.05) is 265 Å². The molecule has 0 atom stereocenters. The van der Waals surface area contributed by atoms with E-state index in [0.29, 0.717) is 5.70 Å². The van der Waals surface area contributed by atoms with Crippen molar-refractivity contribution in [2.75, 3.05) is 11.4 Å². The number of fused-ring (bicyclic) bond motifs is 5. The Bertz CT molecular complexity index is 3400. The number of anilines is 1. The molecular formula is C92H141N9O2W2. The SMILES string of the molecule is CC.CC.CC.CC.CC.CC.CC.CC.CC.CC.CC.CC(=O)N1CCc2ccc(C)cc21.C[C-]=NC(C)=[C-]C.C[C-]=NC(C)=[C-]C(C)=O.Cc1ccc(C)cc1.Cc1ccc2cnccc2c1.Cc1ccc2cncnc2c1.Cc1ccc2ncccc2c1.Cc1ccc2ncncc2c1.[W+2].[W+2]. The van der Waals surface area contributed by atoms with E-state index in [9.17, 15) is 9.59 Å². The number of carbonyl (C=O) groups excluding carboxylic acids is 2. The minimum absolute atomic E-state index is 0. The number of ketones is 1. The molecular weight excluding hydrogens is 1630 g/mol. The summed E-state index contributed by atoms with van der Waals surface area (Å²) in [6.45, 7) is 71.3. The van der Waals surface area contributed by atoms with Gasteiger partial charge in [0, 0.05) is 71.7 Å². The molecule has 4 aromatic heterocycles. The summed E-state index contributed by atoms with van der Waals surface area (Å²) in [7, 11) is 0. The van der Waals surface area contributed by atoms with E-state index < -0.39 is 0 Å². The fourth-order valence-electron chi connectivity index (χ4n) is 7.71. The van der Waals surface area contributed by atoms with Crippen molar-refractivity contribution in [1.29, 1.82) is 0 Å². The van der Waals surface area contributed by atoms with Gasteiger partial charge < -0.3 is 37.5 Å². The molecule has 1 amide bonds. The second kappa shape index (κ2) is 85.1. The molecule has 0 aliphatic carbocycles. The molecule has 0 unspecified atom stereocenters. The number of aliphatic imine (C=N–C) groups is 2. The van der Waals surface area contributed by atoms with E-state index in [-0.39, 0.29) is 53.8 Å². The number of rotatable bonds is 3. The van der Waals surface area contributed by atoms with Crippen molar-refractivity contribution < 1.29 is 51.7 Å². The molecule has 5 heterocycles. The maximum Gasteiger partial charge on any atom is 2.00 e. The third-order valence-corrected chi connectivity index (χ3v) is 11.9. The van der Waals surface area contributed by atoms with Gasteiger partial charge >= 0.3 is 42.1 Å². The normalized spacial score (nSPS) is 9.39. The number of nitrogens with zero attached hydrogens (tertiary/aromatic N) is 9. The van der Waals surface area contributed by atoms with Gasteiger partial charge in [-0.3, -0.25) is 20.5 Å². The zero-order chi connectivity index (χ0) is 81.1. The molecule has 0 bridgehead atoms. The molecule has 13 heteroatoms. The van der Waals surface area contributed by atoms with Crippen LogP contribution in [0, 0.1) is 60.6 Å². The van der Waals surface area contributed by atoms with E-state index in [4.69, 9.17) is 0 Å². The first kappa shape index (κ1) is 118. The summed E-state index contributed by atoms with van der Waals surface area (Å²) in [5.41, 5.74) is 15.9. The van der Waals surface area contributed by atoms with Crippen molar-refractivity contribution in [3.05, 3.63) is 245 Å². The number of Topliss-reactive ketones (excluding diaryl/α,β-unsaturated/α-hetero) is 1. The summed E-state index contributed by atoms with van der Waals surface area (Å²) >= 11 is 0. The molecule has 11 nitrogen and oxygen atoms in total. The summed E-state index contributed by atoms with van der Waals surface area (Å²) in [6.07, 6.45) is 23.8. The van der Waals surface area contributed by atoms with Crippen molar-refractivity contribution in [2.24, 2.45) is 9.98 Å². The number of amides is 1. The Balaban J connectivity index is -0.000000118. The number of hydrogen-bond acceptors (Lipinski definition) is 10. The number of benzene rings is 6. The second-order valence-electron chi connectivity index (χ2n) is 19.1. The molecule has 105 heavy (non-hydrogen) atoms. The molecule has 0 saturated heterocycles. The number of aromatic nitrogens is 6. The van der Waals surface area contributed by atoms with E-state index in [0.717, 1.165) is 51.7 Å². The van der Waals surface area contributed by atoms with E-state index >= 15 is 0 Å². The molecule has 578 valence electrons. The van der Waals surface area contributed by atoms with E-state index in [1.54, 1.807) is 40.3 Å². The van der Waals surface area contributed by atoms with E-state index in [1.807, 2.05) is 232 Å². The molecule has 1 aliphatic heterocycles. The Kier molecular flexibility index (Phi) is 95.8. The third kappa shape index (κ3) is 59.0. The third-order valence-electron chi connectivity index (χ3n) is 11.9. The first-order chi connectivity index (χ1) is 49.9. The van der Waals surface area contributed by atoms with Crippen LogP contribution < -0.4 is 4.90 Å². The van der Waals surface area contributed by atoms with Crippen LogP contribution in [0.15, 0.2) is 198 Å². The predicted molar refractivity (Wildman–Crippen MR) is 463 cm³/mol. The van der Waals surface area contributed by atoms with Crippen LogP contribution in [0.25, 0.3) is 43.5 Å². The molecule has 0 N–H and O–H groups in total. The number of pyridine rings is 2. The number of carbonyl (C=O) groups is 2. The van der Waals surface area contributed by atoms with Gasteiger partial charge in [0.2, 0.25) is 5.91 Å². The summed E-state index contributed by atoms with van der Waals surface area (Å²) < 4.78 is 0. The maximum atomic E-state index is 11.2. The monoisotopic (exact) mass is 1770 g/mol. The maximum absolute atomic E-state index is 11.2. The Morgan fingerprint density at radius 2 is 0.752 bits per heavy atom. The minimum atomic E-state index is -0.105. The van der Waals surface area contributed by atoms with Crippen LogP contribution >= 0.6 is 0 Å². The Labute approximate surface area is 672 Å². The first-order valence-corrected chi connectivity index (χ1v) is 37.6. The van der Waals surface area contributed by atoms with Gasteiger partial charge in [-0.25, -0.2) is 26.9 Å². The number of aryl methyl sites for hydroxylation is 7.